The minimum absolute atomic E-state index is 0.0516. The fraction of sp³-hybridized carbons (Fsp3) is 0.917. The Labute approximate surface area is 115 Å². The van der Waals surface area contributed by atoms with Gasteiger partial charge in [-0.25, -0.2) is 8.42 Å². The minimum atomic E-state index is -3.32. The van der Waals surface area contributed by atoms with Gasteiger partial charge in [-0.05, 0) is 33.9 Å². The lowest BCUT2D eigenvalue weighted by atomic mass is 10.1. The molecule has 1 rings (SSSR count). The predicted octanol–water partition coefficient (Wildman–Crippen LogP) is -0.617. The van der Waals surface area contributed by atoms with Crippen LogP contribution in [0.1, 0.15) is 26.2 Å². The van der Waals surface area contributed by atoms with Gasteiger partial charge in [0.25, 0.3) is 0 Å². The van der Waals surface area contributed by atoms with Gasteiger partial charge in [0.1, 0.15) is 5.25 Å². The lowest BCUT2D eigenvalue weighted by molar-refractivity contribution is -0.122. The summed E-state index contributed by atoms with van der Waals surface area (Å²) in [5.74, 6) is -0.405. The molecule has 19 heavy (non-hydrogen) atoms. The second-order valence-electron chi connectivity index (χ2n) is 5.80. The van der Waals surface area contributed by atoms with Crippen molar-refractivity contribution in [3.63, 3.8) is 0 Å². The summed E-state index contributed by atoms with van der Waals surface area (Å²) in [7, 11) is 0.325. The fourth-order valence-electron chi connectivity index (χ4n) is 2.38. The molecule has 0 aliphatic carbocycles. The zero-order chi connectivity index (χ0) is 14.7. The van der Waals surface area contributed by atoms with Gasteiger partial charge in [0, 0.05) is 13.1 Å². The van der Waals surface area contributed by atoms with E-state index in [2.05, 4.69) is 5.32 Å². The summed E-state index contributed by atoms with van der Waals surface area (Å²) in [6.45, 7) is 2.06. The maximum atomic E-state index is 11.9. The molecule has 0 spiro atoms. The van der Waals surface area contributed by atoms with Crippen molar-refractivity contribution in [1.29, 1.82) is 0 Å². The lowest BCUT2D eigenvalue weighted by Gasteiger charge is -2.28. The van der Waals surface area contributed by atoms with Gasteiger partial charge >= 0.3 is 0 Å². The molecule has 0 aromatic heterocycles. The molecule has 1 amide bonds. The van der Waals surface area contributed by atoms with Crippen LogP contribution in [0, 0.1) is 0 Å². The molecule has 0 saturated carbocycles. The summed E-state index contributed by atoms with van der Waals surface area (Å²) in [5.41, 5.74) is -1.07. The molecule has 0 bridgehead atoms. The SMILES string of the molecule is CN(C)CC(C)(O)CNC(=O)C1CCCCS1(=O)=O. The van der Waals surface area contributed by atoms with Crippen LogP contribution in [0.2, 0.25) is 0 Å². The molecular weight excluding hydrogens is 268 g/mol. The topological polar surface area (TPSA) is 86.7 Å². The zero-order valence-electron chi connectivity index (χ0n) is 11.8. The van der Waals surface area contributed by atoms with Crippen LogP contribution < -0.4 is 5.32 Å². The Bertz CT molecular complexity index is 417. The van der Waals surface area contributed by atoms with Crippen molar-refractivity contribution in [1.82, 2.24) is 10.2 Å². The number of sulfone groups is 1. The largest absolute Gasteiger partial charge is 0.387 e. The maximum absolute atomic E-state index is 11.9. The van der Waals surface area contributed by atoms with Gasteiger partial charge in [-0.1, -0.05) is 6.42 Å². The number of aliphatic hydroxyl groups is 1. The molecule has 7 heteroatoms. The number of likely N-dealkylation sites (N-methyl/N-ethyl adjacent to an activating group) is 1. The monoisotopic (exact) mass is 292 g/mol. The average molecular weight is 292 g/mol. The second-order valence-corrected chi connectivity index (χ2v) is 8.11. The van der Waals surface area contributed by atoms with Crippen molar-refractivity contribution in [2.75, 3.05) is 32.9 Å². The molecule has 0 aromatic carbocycles. The molecule has 1 saturated heterocycles. The summed E-state index contributed by atoms with van der Waals surface area (Å²) < 4.78 is 23.6. The van der Waals surface area contributed by atoms with Gasteiger partial charge in [-0.15, -0.1) is 0 Å². The number of hydrogen-bond acceptors (Lipinski definition) is 5. The third-order valence-corrected chi connectivity index (χ3v) is 5.35. The van der Waals surface area contributed by atoms with Gasteiger partial charge < -0.3 is 15.3 Å². The molecular formula is C12H24N2O4S. The second kappa shape index (κ2) is 6.19. The molecule has 1 aliphatic rings. The maximum Gasteiger partial charge on any atom is 0.238 e. The molecule has 0 aromatic rings. The first-order chi connectivity index (χ1) is 8.64. The van der Waals surface area contributed by atoms with E-state index in [-0.39, 0.29) is 12.3 Å². The summed E-state index contributed by atoms with van der Waals surface area (Å²) in [4.78, 5) is 13.7. The lowest BCUT2D eigenvalue weighted by Crippen LogP contribution is -2.51. The zero-order valence-corrected chi connectivity index (χ0v) is 12.7. The minimum Gasteiger partial charge on any atom is -0.387 e. The van der Waals surface area contributed by atoms with Crippen LogP contribution in [-0.4, -0.2) is 68.1 Å². The van der Waals surface area contributed by atoms with Gasteiger partial charge in [-0.2, -0.15) is 0 Å². The van der Waals surface area contributed by atoms with Crippen LogP contribution in [-0.2, 0) is 14.6 Å². The average Bonchev–Trinajstić information content (AvgIpc) is 2.23. The normalized spacial score (nSPS) is 25.8. The van der Waals surface area contributed by atoms with Crippen molar-refractivity contribution in [2.45, 2.75) is 37.0 Å². The number of carbonyl (C=O) groups excluding carboxylic acids is 1. The predicted molar refractivity (Wildman–Crippen MR) is 73.6 cm³/mol. The quantitative estimate of drug-likeness (QED) is 0.705. The summed E-state index contributed by atoms with van der Waals surface area (Å²) in [6, 6.07) is 0. The van der Waals surface area contributed by atoms with E-state index in [9.17, 15) is 18.3 Å². The van der Waals surface area contributed by atoms with Crippen LogP contribution >= 0.6 is 0 Å². The van der Waals surface area contributed by atoms with E-state index in [1.54, 1.807) is 6.92 Å². The molecule has 1 fully saturated rings. The highest BCUT2D eigenvalue weighted by molar-refractivity contribution is 7.92. The third kappa shape index (κ3) is 5.08. The highest BCUT2D eigenvalue weighted by atomic mass is 32.2. The van der Waals surface area contributed by atoms with Crippen LogP contribution in [0.25, 0.3) is 0 Å². The van der Waals surface area contributed by atoms with E-state index in [1.165, 1.54) is 0 Å². The summed E-state index contributed by atoms with van der Waals surface area (Å²) in [5, 5.41) is 11.7. The van der Waals surface area contributed by atoms with Crippen molar-refractivity contribution in [2.24, 2.45) is 0 Å². The summed E-state index contributed by atoms with van der Waals surface area (Å²) >= 11 is 0. The number of carbonyl (C=O) groups is 1. The first kappa shape index (κ1) is 16.4. The number of nitrogens with one attached hydrogen (secondary N) is 1. The Balaban J connectivity index is 2.55. The van der Waals surface area contributed by atoms with E-state index in [4.69, 9.17) is 0 Å². The van der Waals surface area contributed by atoms with Crippen molar-refractivity contribution >= 4 is 15.7 Å². The van der Waals surface area contributed by atoms with Crippen LogP contribution in [0.4, 0.5) is 0 Å². The molecule has 2 N–H and O–H groups in total. The van der Waals surface area contributed by atoms with E-state index in [0.717, 1.165) is 6.42 Å². The smallest absolute Gasteiger partial charge is 0.238 e. The number of hydrogen-bond donors (Lipinski definition) is 2. The van der Waals surface area contributed by atoms with Crippen LogP contribution in [0.5, 0.6) is 0 Å². The van der Waals surface area contributed by atoms with Gasteiger partial charge in [0.2, 0.25) is 5.91 Å². The molecule has 2 atom stereocenters. The Morgan fingerprint density at radius 2 is 2.05 bits per heavy atom. The van der Waals surface area contributed by atoms with E-state index in [0.29, 0.717) is 19.4 Å². The van der Waals surface area contributed by atoms with Crippen molar-refractivity contribution in [3.05, 3.63) is 0 Å². The number of amides is 1. The van der Waals surface area contributed by atoms with Crippen LogP contribution in [0.3, 0.4) is 0 Å². The van der Waals surface area contributed by atoms with Gasteiger partial charge in [-0.3, -0.25) is 4.79 Å². The van der Waals surface area contributed by atoms with Crippen molar-refractivity contribution in [3.8, 4) is 0 Å². The fourth-order valence-corrected chi connectivity index (χ4v) is 4.20. The number of rotatable bonds is 5. The molecule has 1 aliphatic heterocycles. The molecule has 6 nitrogen and oxygen atoms in total. The van der Waals surface area contributed by atoms with Crippen molar-refractivity contribution < 1.29 is 18.3 Å². The van der Waals surface area contributed by atoms with E-state index < -0.39 is 26.6 Å². The standard InChI is InChI=1S/C12H24N2O4S/c1-12(16,9-14(2)3)8-13-11(15)10-6-4-5-7-19(10,17)18/h10,16H,4-9H2,1-3H3,(H,13,15). The third-order valence-electron chi connectivity index (χ3n) is 3.17. The Morgan fingerprint density at radius 1 is 1.42 bits per heavy atom. The highest BCUT2D eigenvalue weighted by Gasteiger charge is 2.35. The molecule has 0 radical (unpaired) electrons. The molecule has 1 heterocycles. The summed E-state index contributed by atoms with van der Waals surface area (Å²) in [6.07, 6.45) is 1.76. The Morgan fingerprint density at radius 3 is 2.58 bits per heavy atom. The highest BCUT2D eigenvalue weighted by Crippen LogP contribution is 2.19. The molecule has 112 valence electrons. The Hall–Kier alpha value is -0.660. The van der Waals surface area contributed by atoms with Gasteiger partial charge in [0.15, 0.2) is 9.84 Å². The van der Waals surface area contributed by atoms with E-state index in [1.807, 2.05) is 19.0 Å². The first-order valence-corrected chi connectivity index (χ1v) is 8.22. The van der Waals surface area contributed by atoms with E-state index >= 15 is 0 Å². The molecule has 2 unspecified atom stereocenters. The first-order valence-electron chi connectivity index (χ1n) is 6.50. The Kier molecular flexibility index (Phi) is 5.34. The van der Waals surface area contributed by atoms with Crippen LogP contribution in [0.15, 0.2) is 0 Å². The van der Waals surface area contributed by atoms with Gasteiger partial charge in [0.05, 0.1) is 11.4 Å². The number of nitrogens with zero attached hydrogens (tertiary/aromatic N) is 1.